The van der Waals surface area contributed by atoms with Crippen LogP contribution in [0.4, 0.5) is 10.5 Å². The van der Waals surface area contributed by atoms with Gasteiger partial charge < -0.3 is 20.1 Å². The van der Waals surface area contributed by atoms with Crippen molar-refractivity contribution in [3.05, 3.63) is 54.6 Å². The monoisotopic (exact) mass is 437 g/mol. The van der Waals surface area contributed by atoms with Crippen molar-refractivity contribution in [2.45, 2.75) is 25.3 Å². The number of hydrogen-bond donors (Lipinski definition) is 2. The number of nitrogens with zero attached hydrogens (tertiary/aromatic N) is 1. The van der Waals surface area contributed by atoms with Crippen LogP contribution < -0.4 is 15.4 Å². The van der Waals surface area contributed by atoms with Gasteiger partial charge in [0, 0.05) is 24.8 Å². The number of methoxy groups -OCH3 is 1. The molecule has 0 aromatic heterocycles. The lowest BCUT2D eigenvalue weighted by Crippen LogP contribution is -2.62. The van der Waals surface area contributed by atoms with Gasteiger partial charge in [-0.05, 0) is 55.7 Å². The lowest BCUT2D eigenvalue weighted by molar-refractivity contribution is -0.138. The van der Waals surface area contributed by atoms with Crippen LogP contribution in [0.15, 0.2) is 54.6 Å². The molecular formula is C24H27N3O5. The number of anilines is 1. The molecule has 2 aromatic carbocycles. The largest absolute Gasteiger partial charge is 0.457 e. The summed E-state index contributed by atoms with van der Waals surface area (Å²) in [5, 5.41) is 5.84. The van der Waals surface area contributed by atoms with E-state index in [4.69, 9.17) is 9.47 Å². The third kappa shape index (κ3) is 4.91. The van der Waals surface area contributed by atoms with E-state index in [1.165, 1.54) is 12.0 Å². The molecule has 8 heteroatoms. The first-order chi connectivity index (χ1) is 15.5. The summed E-state index contributed by atoms with van der Waals surface area (Å²) in [6.07, 6.45) is 1.61. The molecule has 8 nitrogen and oxygen atoms in total. The van der Waals surface area contributed by atoms with Crippen LogP contribution in [-0.2, 0) is 14.3 Å². The Labute approximate surface area is 186 Å². The summed E-state index contributed by atoms with van der Waals surface area (Å²) in [4.78, 5) is 39.1. The van der Waals surface area contributed by atoms with E-state index in [9.17, 15) is 14.4 Å². The number of para-hydroxylation sites is 1. The van der Waals surface area contributed by atoms with Gasteiger partial charge in [0.05, 0.1) is 19.1 Å². The Kier molecular flexibility index (Phi) is 6.70. The topological polar surface area (TPSA) is 97.0 Å². The summed E-state index contributed by atoms with van der Waals surface area (Å²) < 4.78 is 10.8. The molecule has 2 fully saturated rings. The van der Waals surface area contributed by atoms with Gasteiger partial charge >= 0.3 is 6.03 Å². The van der Waals surface area contributed by atoms with Gasteiger partial charge in [0.1, 0.15) is 11.5 Å². The fraction of sp³-hybridized carbons (Fsp3) is 0.375. The Morgan fingerprint density at radius 3 is 2.50 bits per heavy atom. The van der Waals surface area contributed by atoms with Crippen molar-refractivity contribution in [1.82, 2.24) is 10.2 Å². The number of benzene rings is 2. The zero-order chi connectivity index (χ0) is 22.5. The maximum atomic E-state index is 12.8. The third-order valence-electron chi connectivity index (χ3n) is 5.98. The van der Waals surface area contributed by atoms with Crippen LogP contribution >= 0.6 is 0 Å². The fourth-order valence-electron chi connectivity index (χ4n) is 4.27. The van der Waals surface area contributed by atoms with Crippen molar-refractivity contribution < 1.29 is 23.9 Å². The van der Waals surface area contributed by atoms with Gasteiger partial charge in [-0.2, -0.15) is 0 Å². The molecule has 1 heterocycles. The number of hydrogen-bond acceptors (Lipinski definition) is 5. The number of rotatable bonds is 7. The van der Waals surface area contributed by atoms with Crippen LogP contribution in [0.25, 0.3) is 0 Å². The van der Waals surface area contributed by atoms with Gasteiger partial charge in [0.15, 0.2) is 0 Å². The highest BCUT2D eigenvalue weighted by atomic mass is 16.5. The number of amides is 4. The Morgan fingerprint density at radius 1 is 1.06 bits per heavy atom. The van der Waals surface area contributed by atoms with Crippen LogP contribution in [0.5, 0.6) is 11.5 Å². The van der Waals surface area contributed by atoms with E-state index < -0.39 is 6.03 Å². The number of ether oxygens (including phenoxy) is 2. The molecule has 0 spiro atoms. The molecule has 32 heavy (non-hydrogen) atoms. The lowest BCUT2D eigenvalue weighted by atomic mass is 9.76. The summed E-state index contributed by atoms with van der Waals surface area (Å²) >= 11 is 0. The Balaban J connectivity index is 1.32. The molecule has 4 amide bonds. The zero-order valence-corrected chi connectivity index (χ0v) is 18.0. The van der Waals surface area contributed by atoms with Crippen molar-refractivity contribution in [1.29, 1.82) is 0 Å². The van der Waals surface area contributed by atoms with E-state index in [0.29, 0.717) is 37.3 Å². The van der Waals surface area contributed by atoms with Crippen molar-refractivity contribution in [3.63, 3.8) is 0 Å². The highest BCUT2D eigenvalue weighted by Gasteiger charge is 2.45. The van der Waals surface area contributed by atoms with Crippen molar-refractivity contribution in [3.8, 4) is 11.5 Å². The summed E-state index contributed by atoms with van der Waals surface area (Å²) in [7, 11) is 1.53. The van der Waals surface area contributed by atoms with Crippen molar-refractivity contribution in [2.24, 2.45) is 11.8 Å². The van der Waals surface area contributed by atoms with Crippen molar-refractivity contribution in [2.75, 3.05) is 25.6 Å². The minimum atomic E-state index is -0.414. The molecule has 1 aliphatic carbocycles. The smallest absolute Gasteiger partial charge is 0.324 e. The van der Waals surface area contributed by atoms with Gasteiger partial charge in [0.2, 0.25) is 11.8 Å². The number of fused-ring (bicyclic) bond motifs is 1. The molecular weight excluding hydrogens is 410 g/mol. The molecule has 0 radical (unpaired) electrons. The quantitative estimate of drug-likeness (QED) is 0.692. The average Bonchev–Trinajstić information content (AvgIpc) is 2.80. The highest BCUT2D eigenvalue weighted by Crippen LogP contribution is 2.34. The Hall–Kier alpha value is -3.39. The summed E-state index contributed by atoms with van der Waals surface area (Å²) in [5.41, 5.74) is 0.673. The predicted octanol–water partition coefficient (Wildman–Crippen LogP) is 3.40. The van der Waals surface area contributed by atoms with E-state index in [2.05, 4.69) is 10.6 Å². The van der Waals surface area contributed by atoms with Gasteiger partial charge in [-0.1, -0.05) is 18.2 Å². The van der Waals surface area contributed by atoms with E-state index in [1.54, 1.807) is 24.3 Å². The third-order valence-corrected chi connectivity index (χ3v) is 5.98. The lowest BCUT2D eigenvalue weighted by Gasteiger charge is -2.41. The number of carbonyl (C=O) groups is 3. The standard InChI is InChI=1S/C24H27N3O5/c1-31-14-13-27-23(29)20-12-7-16(15-21(20)26-24(27)30)22(28)25-17-8-10-19(11-9-17)32-18-5-3-2-4-6-18/h2-6,8-11,16,20-21H,7,12-15H2,1H3,(H,25,28)(H,26,30). The second-order valence-electron chi connectivity index (χ2n) is 8.08. The second kappa shape index (κ2) is 9.82. The minimum Gasteiger partial charge on any atom is -0.457 e. The fourth-order valence-corrected chi connectivity index (χ4v) is 4.27. The molecule has 2 aliphatic rings. The number of urea groups is 1. The normalized spacial score (nSPS) is 22.7. The Morgan fingerprint density at radius 2 is 1.78 bits per heavy atom. The molecule has 4 rings (SSSR count). The van der Waals surface area contributed by atoms with Gasteiger partial charge in [-0.15, -0.1) is 0 Å². The molecule has 168 valence electrons. The molecule has 2 N–H and O–H groups in total. The summed E-state index contributed by atoms with van der Waals surface area (Å²) in [5.74, 6) is 0.576. The van der Waals surface area contributed by atoms with Gasteiger partial charge in [0.25, 0.3) is 0 Å². The van der Waals surface area contributed by atoms with E-state index in [-0.39, 0.29) is 36.2 Å². The second-order valence-corrected chi connectivity index (χ2v) is 8.08. The van der Waals surface area contributed by atoms with Crippen LogP contribution in [0.3, 0.4) is 0 Å². The number of nitrogens with one attached hydrogen (secondary N) is 2. The van der Waals surface area contributed by atoms with Crippen LogP contribution in [0.2, 0.25) is 0 Å². The molecule has 1 saturated carbocycles. The first-order valence-corrected chi connectivity index (χ1v) is 10.8. The number of carbonyl (C=O) groups excluding carboxylic acids is 3. The maximum Gasteiger partial charge on any atom is 0.324 e. The van der Waals surface area contributed by atoms with E-state index >= 15 is 0 Å². The molecule has 3 unspecified atom stereocenters. The summed E-state index contributed by atoms with van der Waals surface area (Å²) in [6.45, 7) is 0.537. The van der Waals surface area contributed by atoms with Gasteiger partial charge in [-0.25, -0.2) is 4.79 Å². The summed E-state index contributed by atoms with van der Waals surface area (Å²) in [6, 6.07) is 15.9. The number of imide groups is 1. The van der Waals surface area contributed by atoms with Gasteiger partial charge in [-0.3, -0.25) is 14.5 Å². The molecule has 1 aliphatic heterocycles. The predicted molar refractivity (Wildman–Crippen MR) is 118 cm³/mol. The molecule has 0 bridgehead atoms. The highest BCUT2D eigenvalue weighted by molar-refractivity contribution is 5.99. The van der Waals surface area contributed by atoms with E-state index in [1.807, 2.05) is 30.3 Å². The maximum absolute atomic E-state index is 12.8. The molecule has 2 aromatic rings. The van der Waals surface area contributed by atoms with Crippen LogP contribution in [-0.4, -0.2) is 49.0 Å². The first kappa shape index (κ1) is 21.8. The zero-order valence-electron chi connectivity index (χ0n) is 18.0. The Bertz CT molecular complexity index is 963. The molecule has 1 saturated heterocycles. The average molecular weight is 437 g/mol. The van der Waals surface area contributed by atoms with E-state index in [0.717, 1.165) is 5.75 Å². The van der Waals surface area contributed by atoms with Crippen LogP contribution in [0.1, 0.15) is 19.3 Å². The first-order valence-electron chi connectivity index (χ1n) is 10.8. The minimum absolute atomic E-state index is 0.108. The SMILES string of the molecule is COCCN1C(=O)NC2CC(C(=O)Nc3ccc(Oc4ccccc4)cc3)CCC2C1=O. The van der Waals surface area contributed by atoms with Crippen LogP contribution in [0, 0.1) is 11.8 Å². The van der Waals surface area contributed by atoms with Crippen molar-refractivity contribution >= 4 is 23.5 Å². The molecule has 3 atom stereocenters.